The van der Waals surface area contributed by atoms with Gasteiger partial charge in [0.15, 0.2) is 6.79 Å². The average Bonchev–Trinajstić information content (AvgIpc) is 3.30. The molecule has 0 bridgehead atoms. The number of amides is 1. The molecule has 4 rings (SSSR count). The number of carbonyl (C=O) groups excluding carboxylic acids is 1. The Bertz CT molecular complexity index is 1300. The fourth-order valence-electron chi connectivity index (χ4n) is 4.19. The van der Waals surface area contributed by atoms with Gasteiger partial charge < -0.3 is 30.2 Å². The normalized spacial score (nSPS) is 15.9. The van der Waals surface area contributed by atoms with Crippen molar-refractivity contribution >= 4 is 34.8 Å². The number of rotatable bonds is 7. The van der Waals surface area contributed by atoms with E-state index in [0.29, 0.717) is 18.0 Å². The number of fused-ring (bicyclic) bond motifs is 1. The van der Waals surface area contributed by atoms with Crippen molar-refractivity contribution in [2.45, 2.75) is 38.8 Å². The van der Waals surface area contributed by atoms with Crippen LogP contribution in [0.25, 0.3) is 22.3 Å². The van der Waals surface area contributed by atoms with E-state index < -0.39 is 11.7 Å². The van der Waals surface area contributed by atoms with E-state index >= 15 is 0 Å². The van der Waals surface area contributed by atoms with Gasteiger partial charge in [-0.2, -0.15) is 0 Å². The molecule has 10 heteroatoms. The minimum Gasteiger partial charge on any atom is -0.467 e. The maximum Gasteiger partial charge on any atom is 0.407 e. The summed E-state index contributed by atoms with van der Waals surface area (Å²) in [7, 11) is 3.26. The van der Waals surface area contributed by atoms with Crippen molar-refractivity contribution < 1.29 is 19.0 Å². The van der Waals surface area contributed by atoms with Crippen LogP contribution in [0.4, 0.5) is 16.3 Å². The number of benzene rings is 1. The van der Waals surface area contributed by atoms with E-state index in [1.807, 2.05) is 51.1 Å². The number of carbonyl (C=O) groups is 1. The summed E-state index contributed by atoms with van der Waals surface area (Å²) in [5.74, 6) is 1.42. The molecule has 10 nitrogen and oxygen atoms in total. The average molecular weight is 507 g/mol. The summed E-state index contributed by atoms with van der Waals surface area (Å²) in [6, 6.07) is 11.4. The zero-order valence-corrected chi connectivity index (χ0v) is 21.9. The summed E-state index contributed by atoms with van der Waals surface area (Å²) in [5, 5.41) is 2.95. The number of hydrogen-bond acceptors (Lipinski definition) is 9. The number of aromatic nitrogens is 2. The van der Waals surface area contributed by atoms with Gasteiger partial charge in [0.05, 0.1) is 22.8 Å². The number of pyridine rings is 2. The Balaban J connectivity index is 1.55. The number of nitrogen functional groups attached to an aromatic ring is 1. The maximum atomic E-state index is 12.1. The van der Waals surface area contributed by atoms with Crippen molar-refractivity contribution in [2.75, 3.05) is 44.7 Å². The third kappa shape index (κ3) is 6.45. The summed E-state index contributed by atoms with van der Waals surface area (Å²) in [4.78, 5) is 28.0. The summed E-state index contributed by atoms with van der Waals surface area (Å²) < 4.78 is 16.2. The number of methoxy groups -OCH3 is 1. The molecule has 37 heavy (non-hydrogen) atoms. The fourth-order valence-corrected chi connectivity index (χ4v) is 4.19. The van der Waals surface area contributed by atoms with Gasteiger partial charge in [0, 0.05) is 56.3 Å². The molecule has 1 aliphatic heterocycles. The van der Waals surface area contributed by atoms with E-state index in [1.165, 1.54) is 0 Å². The molecule has 0 radical (unpaired) electrons. The Hall–Kier alpha value is -3.92. The van der Waals surface area contributed by atoms with Crippen LogP contribution in [0.2, 0.25) is 0 Å². The number of nitrogens with one attached hydrogen (secondary N) is 1. The minimum absolute atomic E-state index is 0.00439. The topological polar surface area (TPSA) is 124 Å². The van der Waals surface area contributed by atoms with Gasteiger partial charge in [-0.05, 0) is 57.5 Å². The SMILES string of the molecule is CN=Cc1cc(-c2ccc3nc(N4CC[C@H](NC(=O)OC(C)(C)C)C4)ccc3n2)c(OCOC)cc1N. The highest BCUT2D eigenvalue weighted by molar-refractivity contribution is 5.91. The second-order valence-electron chi connectivity index (χ2n) is 9.90. The second-order valence-corrected chi connectivity index (χ2v) is 9.90. The number of alkyl carbamates (subject to hydrolysis) is 1. The number of hydrogen-bond donors (Lipinski definition) is 2. The highest BCUT2D eigenvalue weighted by Gasteiger charge is 2.27. The number of ether oxygens (including phenoxy) is 3. The molecule has 1 aliphatic rings. The van der Waals surface area contributed by atoms with E-state index in [9.17, 15) is 4.79 Å². The van der Waals surface area contributed by atoms with Crippen LogP contribution in [0, 0.1) is 0 Å². The molecule has 0 aliphatic carbocycles. The van der Waals surface area contributed by atoms with Crippen molar-refractivity contribution in [3.8, 4) is 17.0 Å². The lowest BCUT2D eigenvalue weighted by Crippen LogP contribution is -2.40. The number of aliphatic imine (C=N–C) groups is 1. The molecule has 1 fully saturated rings. The van der Waals surface area contributed by atoms with Gasteiger partial charge in [0.2, 0.25) is 0 Å². The molecule has 3 N–H and O–H groups in total. The Kier molecular flexibility index (Phi) is 7.77. The third-order valence-electron chi connectivity index (χ3n) is 5.82. The molecule has 1 saturated heterocycles. The Labute approximate surface area is 216 Å². The van der Waals surface area contributed by atoms with Crippen LogP contribution in [-0.4, -0.2) is 68.0 Å². The van der Waals surface area contributed by atoms with Crippen molar-refractivity contribution in [1.82, 2.24) is 15.3 Å². The molecule has 1 aromatic carbocycles. The molecular weight excluding hydrogens is 472 g/mol. The fraction of sp³-hybridized carbons (Fsp3) is 0.407. The van der Waals surface area contributed by atoms with Crippen LogP contribution in [0.1, 0.15) is 32.8 Å². The summed E-state index contributed by atoms with van der Waals surface area (Å²) in [5.41, 5.74) is 10.0. The lowest BCUT2D eigenvalue weighted by atomic mass is 10.0. The van der Waals surface area contributed by atoms with E-state index in [2.05, 4.69) is 15.2 Å². The molecule has 0 unspecified atom stereocenters. The standard InChI is InChI=1S/C27H34N6O4/c1-27(2,3)37-26(34)30-18-10-11-33(15-18)25-9-8-22-23(32-25)7-6-21(31-22)19-12-17(14-29-4)20(28)13-24(19)36-16-35-5/h6-9,12-14,18H,10-11,15-16,28H2,1-5H3,(H,30,34)/t18-/m0/s1. The summed E-state index contributed by atoms with van der Waals surface area (Å²) in [6.07, 6.45) is 2.13. The quantitative estimate of drug-likeness (QED) is 0.280. The van der Waals surface area contributed by atoms with Gasteiger partial charge >= 0.3 is 6.09 Å². The first-order valence-electron chi connectivity index (χ1n) is 12.2. The van der Waals surface area contributed by atoms with Crippen LogP contribution < -0.4 is 20.7 Å². The smallest absolute Gasteiger partial charge is 0.407 e. The number of nitrogens with zero attached hydrogens (tertiary/aromatic N) is 4. The van der Waals surface area contributed by atoms with Gasteiger partial charge in [0.25, 0.3) is 0 Å². The second kappa shape index (κ2) is 11.0. The molecule has 3 heterocycles. The van der Waals surface area contributed by atoms with Crippen molar-refractivity contribution in [3.63, 3.8) is 0 Å². The predicted molar refractivity (Wildman–Crippen MR) is 145 cm³/mol. The van der Waals surface area contributed by atoms with E-state index in [4.69, 9.17) is 29.9 Å². The highest BCUT2D eigenvalue weighted by Crippen LogP contribution is 2.34. The lowest BCUT2D eigenvalue weighted by molar-refractivity contribution is 0.0506. The number of anilines is 2. The zero-order valence-electron chi connectivity index (χ0n) is 21.9. The first kappa shape index (κ1) is 26.2. The molecular formula is C27H34N6O4. The summed E-state index contributed by atoms with van der Waals surface area (Å²) >= 11 is 0. The van der Waals surface area contributed by atoms with Crippen LogP contribution in [-0.2, 0) is 9.47 Å². The van der Waals surface area contributed by atoms with Gasteiger partial charge in [-0.3, -0.25) is 4.99 Å². The molecule has 1 atom stereocenters. The minimum atomic E-state index is -0.525. The highest BCUT2D eigenvalue weighted by atomic mass is 16.7. The van der Waals surface area contributed by atoms with Crippen LogP contribution in [0.15, 0.2) is 41.4 Å². The third-order valence-corrected chi connectivity index (χ3v) is 5.82. The molecule has 196 valence electrons. The van der Waals surface area contributed by atoms with Crippen molar-refractivity contribution in [2.24, 2.45) is 4.99 Å². The zero-order chi connectivity index (χ0) is 26.6. The molecule has 1 amide bonds. The first-order chi connectivity index (χ1) is 17.7. The molecule has 2 aromatic heterocycles. The van der Waals surface area contributed by atoms with Crippen LogP contribution >= 0.6 is 0 Å². The Morgan fingerprint density at radius 2 is 1.97 bits per heavy atom. The maximum absolute atomic E-state index is 12.1. The first-order valence-corrected chi connectivity index (χ1v) is 12.2. The molecule has 3 aromatic rings. The van der Waals surface area contributed by atoms with Gasteiger partial charge in [-0.1, -0.05) is 0 Å². The van der Waals surface area contributed by atoms with Crippen LogP contribution in [0.5, 0.6) is 5.75 Å². The van der Waals surface area contributed by atoms with E-state index in [1.54, 1.807) is 26.4 Å². The monoisotopic (exact) mass is 506 g/mol. The number of nitrogens with two attached hydrogens (primary N) is 1. The van der Waals surface area contributed by atoms with Crippen molar-refractivity contribution in [1.29, 1.82) is 0 Å². The van der Waals surface area contributed by atoms with Crippen molar-refractivity contribution in [3.05, 3.63) is 42.0 Å². The predicted octanol–water partition coefficient (Wildman–Crippen LogP) is 4.01. The Morgan fingerprint density at radius 3 is 2.70 bits per heavy atom. The van der Waals surface area contributed by atoms with E-state index in [0.717, 1.165) is 46.6 Å². The lowest BCUT2D eigenvalue weighted by Gasteiger charge is -2.22. The van der Waals surface area contributed by atoms with Gasteiger partial charge in [-0.15, -0.1) is 0 Å². The largest absolute Gasteiger partial charge is 0.467 e. The molecule has 0 saturated carbocycles. The van der Waals surface area contributed by atoms with Gasteiger partial charge in [-0.25, -0.2) is 14.8 Å². The van der Waals surface area contributed by atoms with Crippen LogP contribution in [0.3, 0.4) is 0 Å². The van der Waals surface area contributed by atoms with Gasteiger partial charge in [0.1, 0.15) is 17.2 Å². The summed E-state index contributed by atoms with van der Waals surface area (Å²) in [6.45, 7) is 7.10. The Morgan fingerprint density at radius 1 is 1.22 bits per heavy atom. The molecule has 0 spiro atoms. The van der Waals surface area contributed by atoms with E-state index in [-0.39, 0.29) is 12.8 Å².